The van der Waals surface area contributed by atoms with Crippen LogP contribution in [0.4, 0.5) is 5.69 Å². The molecule has 0 fully saturated rings. The summed E-state index contributed by atoms with van der Waals surface area (Å²) in [4.78, 5) is 12.3. The van der Waals surface area contributed by atoms with Crippen molar-refractivity contribution in [1.29, 1.82) is 0 Å². The fourth-order valence-electron chi connectivity index (χ4n) is 3.19. The molecule has 0 saturated heterocycles. The molecule has 4 rings (SSSR count). The molecule has 1 N–H and O–H groups in total. The summed E-state index contributed by atoms with van der Waals surface area (Å²) in [5.74, 6) is 2.66. The largest absolute Gasteiger partial charge is 0.493 e. The van der Waals surface area contributed by atoms with Crippen molar-refractivity contribution in [2.75, 3.05) is 18.7 Å². The number of carbonyl (C=O) groups excluding carboxylic acids is 1. The Kier molecular flexibility index (Phi) is 4.62. The van der Waals surface area contributed by atoms with Gasteiger partial charge in [-0.25, -0.2) is 0 Å². The molecule has 1 amide bonds. The summed E-state index contributed by atoms with van der Waals surface area (Å²) in [6.07, 6.45) is 4.24. The lowest BCUT2D eigenvalue weighted by Gasteiger charge is -2.10. The highest BCUT2D eigenvalue weighted by Crippen LogP contribution is 2.36. The van der Waals surface area contributed by atoms with E-state index in [1.54, 1.807) is 24.3 Å². The number of anilines is 1. The van der Waals surface area contributed by atoms with Crippen LogP contribution in [0.3, 0.4) is 0 Å². The van der Waals surface area contributed by atoms with Crippen molar-refractivity contribution in [2.45, 2.75) is 26.4 Å². The number of benzene rings is 2. The molecule has 1 atom stereocenters. The first-order valence-corrected chi connectivity index (χ1v) is 8.97. The molecule has 0 radical (unpaired) electrons. The van der Waals surface area contributed by atoms with Crippen molar-refractivity contribution in [1.82, 2.24) is 0 Å². The van der Waals surface area contributed by atoms with Crippen LogP contribution >= 0.6 is 0 Å². The minimum Gasteiger partial charge on any atom is -0.493 e. The Balaban J connectivity index is 1.50. The molecule has 2 heterocycles. The highest BCUT2D eigenvalue weighted by molar-refractivity contribution is 6.02. The third kappa shape index (κ3) is 3.69. The Labute approximate surface area is 157 Å². The molecule has 0 saturated carbocycles. The second-order valence-electron chi connectivity index (χ2n) is 6.45. The zero-order chi connectivity index (χ0) is 18.8. The standard InChI is InChI=1S/C21H21NO5/c1-3-24-18-10-15-8-13(2)27-19(15)9-14(18)4-7-21(23)22-16-5-6-17-20(11-16)26-12-25-17/h4-7,9-11,13H,3,8,12H2,1-2H3,(H,22,23)/b7-4+/t13-/m1/s1. The molecule has 6 nitrogen and oxygen atoms in total. The predicted molar refractivity (Wildman–Crippen MR) is 102 cm³/mol. The predicted octanol–water partition coefficient (Wildman–Crippen LogP) is 3.79. The molecule has 0 aliphatic carbocycles. The lowest BCUT2D eigenvalue weighted by atomic mass is 10.1. The van der Waals surface area contributed by atoms with Crippen LogP contribution in [0.2, 0.25) is 0 Å². The van der Waals surface area contributed by atoms with Crippen molar-refractivity contribution in [3.05, 3.63) is 47.5 Å². The molecule has 2 aromatic rings. The quantitative estimate of drug-likeness (QED) is 0.815. The number of carbonyl (C=O) groups is 1. The van der Waals surface area contributed by atoms with E-state index in [2.05, 4.69) is 5.32 Å². The maximum atomic E-state index is 12.3. The molecule has 6 heteroatoms. The van der Waals surface area contributed by atoms with Crippen LogP contribution in [0.25, 0.3) is 6.08 Å². The van der Waals surface area contributed by atoms with Crippen molar-refractivity contribution in [3.63, 3.8) is 0 Å². The second kappa shape index (κ2) is 7.23. The summed E-state index contributed by atoms with van der Waals surface area (Å²) in [5, 5.41) is 2.82. The highest BCUT2D eigenvalue weighted by Gasteiger charge is 2.21. The Morgan fingerprint density at radius 2 is 2.07 bits per heavy atom. The van der Waals surface area contributed by atoms with Gasteiger partial charge in [0.05, 0.1) is 6.61 Å². The monoisotopic (exact) mass is 367 g/mol. The second-order valence-corrected chi connectivity index (χ2v) is 6.45. The van der Waals surface area contributed by atoms with E-state index in [0.717, 1.165) is 29.0 Å². The van der Waals surface area contributed by atoms with E-state index in [0.29, 0.717) is 23.8 Å². The van der Waals surface area contributed by atoms with E-state index >= 15 is 0 Å². The third-order valence-corrected chi connectivity index (χ3v) is 4.38. The van der Waals surface area contributed by atoms with E-state index in [9.17, 15) is 4.79 Å². The van der Waals surface area contributed by atoms with Crippen LogP contribution in [0, 0.1) is 0 Å². The average molecular weight is 367 g/mol. The van der Waals surface area contributed by atoms with Gasteiger partial charge in [-0.15, -0.1) is 0 Å². The van der Waals surface area contributed by atoms with Gasteiger partial charge in [-0.3, -0.25) is 4.79 Å². The number of fused-ring (bicyclic) bond motifs is 2. The first kappa shape index (κ1) is 17.3. The van der Waals surface area contributed by atoms with Gasteiger partial charge in [-0.2, -0.15) is 0 Å². The van der Waals surface area contributed by atoms with Crippen molar-refractivity contribution in [2.24, 2.45) is 0 Å². The van der Waals surface area contributed by atoms with Crippen LogP contribution in [-0.2, 0) is 11.2 Å². The van der Waals surface area contributed by atoms with Crippen LogP contribution in [0.1, 0.15) is 25.0 Å². The average Bonchev–Trinajstić information content (AvgIpc) is 3.24. The summed E-state index contributed by atoms with van der Waals surface area (Å²) in [6.45, 7) is 4.73. The van der Waals surface area contributed by atoms with Gasteiger partial charge in [-0.05, 0) is 44.2 Å². The zero-order valence-corrected chi connectivity index (χ0v) is 15.3. The topological polar surface area (TPSA) is 66.0 Å². The molecule has 27 heavy (non-hydrogen) atoms. The third-order valence-electron chi connectivity index (χ3n) is 4.38. The number of nitrogens with one attached hydrogen (secondary N) is 1. The Morgan fingerprint density at radius 1 is 1.22 bits per heavy atom. The minimum absolute atomic E-state index is 0.156. The molecule has 0 spiro atoms. The van der Waals surface area contributed by atoms with Gasteiger partial charge >= 0.3 is 0 Å². The molecule has 0 unspecified atom stereocenters. The summed E-state index contributed by atoms with van der Waals surface area (Å²) in [7, 11) is 0. The van der Waals surface area contributed by atoms with Gasteiger partial charge in [0, 0.05) is 35.4 Å². The molecule has 0 bridgehead atoms. The minimum atomic E-state index is -0.244. The summed E-state index contributed by atoms with van der Waals surface area (Å²) in [6, 6.07) is 9.21. The van der Waals surface area contributed by atoms with E-state index in [-0.39, 0.29) is 18.8 Å². The summed E-state index contributed by atoms with van der Waals surface area (Å²) >= 11 is 0. The number of amides is 1. The maximum absolute atomic E-state index is 12.3. The molecular weight excluding hydrogens is 346 g/mol. The first-order valence-electron chi connectivity index (χ1n) is 8.97. The number of hydrogen-bond donors (Lipinski definition) is 1. The Hall–Kier alpha value is -3.15. The SMILES string of the molecule is CCOc1cc2c(cc1/C=C/C(=O)Nc1ccc3c(c1)OCO3)O[C@H](C)C2. The Morgan fingerprint density at radius 3 is 2.93 bits per heavy atom. The zero-order valence-electron chi connectivity index (χ0n) is 15.3. The molecule has 2 aliphatic rings. The van der Waals surface area contributed by atoms with Gasteiger partial charge in [0.1, 0.15) is 17.6 Å². The molecule has 2 aromatic carbocycles. The lowest BCUT2D eigenvalue weighted by molar-refractivity contribution is -0.111. The normalized spacial score (nSPS) is 16.9. The lowest BCUT2D eigenvalue weighted by Crippen LogP contribution is -2.07. The van der Waals surface area contributed by atoms with Crippen LogP contribution in [0.15, 0.2) is 36.4 Å². The number of hydrogen-bond acceptors (Lipinski definition) is 5. The first-order chi connectivity index (χ1) is 13.1. The van der Waals surface area contributed by atoms with Crippen LogP contribution < -0.4 is 24.3 Å². The van der Waals surface area contributed by atoms with Gasteiger partial charge < -0.3 is 24.3 Å². The highest BCUT2D eigenvalue weighted by atomic mass is 16.7. The van der Waals surface area contributed by atoms with Gasteiger partial charge in [0.15, 0.2) is 11.5 Å². The fourth-order valence-corrected chi connectivity index (χ4v) is 3.19. The molecule has 140 valence electrons. The molecule has 2 aliphatic heterocycles. The van der Waals surface area contributed by atoms with Crippen molar-refractivity contribution >= 4 is 17.7 Å². The van der Waals surface area contributed by atoms with Gasteiger partial charge in [-0.1, -0.05) is 0 Å². The van der Waals surface area contributed by atoms with Crippen molar-refractivity contribution in [3.8, 4) is 23.0 Å². The fraction of sp³-hybridized carbons (Fsp3) is 0.286. The van der Waals surface area contributed by atoms with E-state index in [1.807, 2.05) is 26.0 Å². The summed E-state index contributed by atoms with van der Waals surface area (Å²) < 4.78 is 22.1. The smallest absolute Gasteiger partial charge is 0.248 e. The molecule has 0 aromatic heterocycles. The van der Waals surface area contributed by atoms with Crippen LogP contribution in [0.5, 0.6) is 23.0 Å². The van der Waals surface area contributed by atoms with Gasteiger partial charge in [0.2, 0.25) is 12.7 Å². The number of ether oxygens (including phenoxy) is 4. The van der Waals surface area contributed by atoms with Crippen LogP contribution in [-0.4, -0.2) is 25.4 Å². The summed E-state index contributed by atoms with van der Waals surface area (Å²) in [5.41, 5.74) is 2.59. The van der Waals surface area contributed by atoms with Gasteiger partial charge in [0.25, 0.3) is 0 Å². The number of rotatable bonds is 5. The Bertz CT molecular complexity index is 906. The van der Waals surface area contributed by atoms with E-state index < -0.39 is 0 Å². The molecular formula is C21H21NO5. The van der Waals surface area contributed by atoms with Crippen molar-refractivity contribution < 1.29 is 23.7 Å². The van der Waals surface area contributed by atoms with E-state index in [1.165, 1.54) is 6.08 Å². The maximum Gasteiger partial charge on any atom is 0.248 e. The van der Waals surface area contributed by atoms with E-state index in [4.69, 9.17) is 18.9 Å².